The lowest BCUT2D eigenvalue weighted by atomic mass is 9.79. The van der Waals surface area contributed by atoms with E-state index in [1.54, 1.807) is 0 Å². The zero-order valence-corrected chi connectivity index (χ0v) is 21.2. The van der Waals surface area contributed by atoms with Gasteiger partial charge < -0.3 is 5.11 Å². The number of hydrogen-bond acceptors (Lipinski definition) is 1. The van der Waals surface area contributed by atoms with E-state index in [1.165, 1.54) is 89.0 Å². The molecule has 0 heterocycles. The molecule has 0 aromatic rings. The van der Waals surface area contributed by atoms with E-state index in [4.69, 9.17) is 0 Å². The zero-order valence-electron chi connectivity index (χ0n) is 20.4. The van der Waals surface area contributed by atoms with Crippen molar-refractivity contribution < 1.29 is 5.11 Å². The van der Waals surface area contributed by atoms with Gasteiger partial charge in [0.2, 0.25) is 0 Å². The standard InChI is InChI=1S/C27H48BOS/c1-22(18-19-23-12-11-13-24(20-23)21-29)28-30(27(2,3)4,25-14-7-5-8-15-25)26-16-9-6-10-17-26/h14,20,22-23,26,29H,5-13,15-19,21H2,1-4H3/t22-,23+/m1/s1. The molecule has 0 saturated heterocycles. The van der Waals surface area contributed by atoms with Crippen molar-refractivity contribution in [3.8, 4) is 0 Å². The highest BCUT2D eigenvalue weighted by Crippen LogP contribution is 2.72. The van der Waals surface area contributed by atoms with E-state index in [-0.39, 0.29) is 6.61 Å². The van der Waals surface area contributed by atoms with Crippen LogP contribution in [0.4, 0.5) is 0 Å². The molecule has 1 unspecified atom stereocenters. The molecular formula is C27H48BOS. The van der Waals surface area contributed by atoms with Crippen LogP contribution in [0.25, 0.3) is 0 Å². The van der Waals surface area contributed by atoms with E-state index in [1.807, 2.05) is 4.91 Å². The first-order chi connectivity index (χ1) is 14.4. The van der Waals surface area contributed by atoms with E-state index in [0.717, 1.165) is 11.7 Å². The summed E-state index contributed by atoms with van der Waals surface area (Å²) in [6.07, 6.45) is 24.1. The predicted octanol–water partition coefficient (Wildman–Crippen LogP) is 8.31. The van der Waals surface area contributed by atoms with E-state index < -0.39 is 9.88 Å². The van der Waals surface area contributed by atoms with Crippen LogP contribution in [0.2, 0.25) is 5.82 Å². The minimum absolute atomic E-state index is 0.269. The fourth-order valence-corrected chi connectivity index (χ4v) is 12.3. The van der Waals surface area contributed by atoms with Crippen LogP contribution in [0, 0.1) is 5.92 Å². The van der Waals surface area contributed by atoms with Crippen molar-refractivity contribution in [3.05, 3.63) is 22.6 Å². The average Bonchev–Trinajstić information content (AvgIpc) is 2.76. The maximum atomic E-state index is 9.54. The van der Waals surface area contributed by atoms with Gasteiger partial charge in [0.05, 0.1) is 6.61 Å². The van der Waals surface area contributed by atoms with Gasteiger partial charge in [-0.3, -0.25) is 0 Å². The van der Waals surface area contributed by atoms with Crippen LogP contribution in [0.3, 0.4) is 0 Å². The lowest BCUT2D eigenvalue weighted by Crippen LogP contribution is -2.41. The van der Waals surface area contributed by atoms with Crippen LogP contribution in [0.5, 0.6) is 0 Å². The van der Waals surface area contributed by atoms with Crippen molar-refractivity contribution in [1.29, 1.82) is 0 Å². The quantitative estimate of drug-likeness (QED) is 0.303. The largest absolute Gasteiger partial charge is 0.392 e. The van der Waals surface area contributed by atoms with E-state index in [2.05, 4.69) is 46.4 Å². The lowest BCUT2D eigenvalue weighted by molar-refractivity contribution is 0.317. The summed E-state index contributed by atoms with van der Waals surface area (Å²) in [5, 5.41) is 10.5. The monoisotopic (exact) mass is 431 g/mol. The Labute approximate surface area is 190 Å². The van der Waals surface area contributed by atoms with Crippen molar-refractivity contribution in [2.24, 2.45) is 5.92 Å². The molecular weight excluding hydrogens is 383 g/mol. The number of hydrogen-bond donors (Lipinski definition) is 1. The molecule has 0 aromatic heterocycles. The first-order valence-corrected chi connectivity index (χ1v) is 14.8. The van der Waals surface area contributed by atoms with Crippen molar-refractivity contribution >= 4 is 16.4 Å². The maximum absolute atomic E-state index is 9.54. The first kappa shape index (κ1) is 24.5. The van der Waals surface area contributed by atoms with Crippen LogP contribution in [-0.4, -0.2) is 28.3 Å². The van der Waals surface area contributed by atoms with Crippen molar-refractivity contribution in [1.82, 2.24) is 0 Å². The summed E-state index contributed by atoms with van der Waals surface area (Å²) in [5.41, 5.74) is 1.28. The molecule has 1 saturated carbocycles. The third-order valence-electron chi connectivity index (χ3n) is 7.96. The van der Waals surface area contributed by atoms with Gasteiger partial charge in [0.15, 0.2) is 6.56 Å². The van der Waals surface area contributed by atoms with Gasteiger partial charge in [-0.25, -0.2) is 9.88 Å². The molecule has 30 heavy (non-hydrogen) atoms. The minimum Gasteiger partial charge on any atom is -0.392 e. The van der Waals surface area contributed by atoms with Gasteiger partial charge in [0.1, 0.15) is 0 Å². The molecule has 1 N–H and O–H groups in total. The second kappa shape index (κ2) is 11.1. The van der Waals surface area contributed by atoms with Crippen molar-refractivity contribution in [3.63, 3.8) is 0 Å². The predicted molar refractivity (Wildman–Crippen MR) is 138 cm³/mol. The Bertz CT molecular complexity index is 598. The Balaban J connectivity index is 1.78. The number of allylic oxidation sites excluding steroid dienone is 3. The smallest absolute Gasteiger partial charge is 0.179 e. The van der Waals surface area contributed by atoms with Gasteiger partial charge in [-0.1, -0.05) is 71.3 Å². The Morgan fingerprint density at radius 2 is 1.80 bits per heavy atom. The van der Waals surface area contributed by atoms with E-state index in [0.29, 0.717) is 16.5 Å². The molecule has 0 spiro atoms. The Morgan fingerprint density at radius 3 is 2.43 bits per heavy atom. The molecule has 3 aliphatic carbocycles. The van der Waals surface area contributed by atoms with E-state index >= 15 is 0 Å². The highest BCUT2D eigenvalue weighted by molar-refractivity contribution is 8.55. The molecule has 171 valence electrons. The third kappa shape index (κ3) is 5.80. The molecule has 0 bridgehead atoms. The van der Waals surface area contributed by atoms with Crippen LogP contribution >= 0.6 is 9.88 Å². The second-order valence-electron chi connectivity index (χ2n) is 11.3. The molecule has 1 radical (unpaired) electrons. The zero-order chi connectivity index (χ0) is 21.6. The van der Waals surface area contributed by atoms with Gasteiger partial charge in [-0.05, 0) is 90.6 Å². The lowest BCUT2D eigenvalue weighted by Gasteiger charge is -2.60. The molecule has 3 atom stereocenters. The molecule has 3 heteroatoms. The number of rotatable bonds is 8. The highest BCUT2D eigenvalue weighted by atomic mass is 32.3. The van der Waals surface area contributed by atoms with E-state index in [9.17, 15) is 5.11 Å². The Kier molecular flexibility index (Phi) is 9.09. The van der Waals surface area contributed by atoms with Gasteiger partial charge in [0, 0.05) is 0 Å². The summed E-state index contributed by atoms with van der Waals surface area (Å²) >= 11 is 0. The van der Waals surface area contributed by atoms with Gasteiger partial charge in [-0.2, -0.15) is 0 Å². The third-order valence-corrected chi connectivity index (χ3v) is 13.6. The summed E-state index contributed by atoms with van der Waals surface area (Å²) in [6.45, 7) is 13.4. The summed E-state index contributed by atoms with van der Waals surface area (Å²) in [6, 6.07) is 0. The van der Waals surface area contributed by atoms with Gasteiger partial charge in [0.25, 0.3) is 0 Å². The van der Waals surface area contributed by atoms with Crippen molar-refractivity contribution in [2.75, 3.05) is 6.61 Å². The number of aliphatic hydroxyl groups is 1. The van der Waals surface area contributed by atoms with Crippen LogP contribution < -0.4 is 0 Å². The molecule has 3 rings (SSSR count). The van der Waals surface area contributed by atoms with Gasteiger partial charge in [-0.15, -0.1) is 0 Å². The molecule has 0 aromatic carbocycles. The molecule has 3 aliphatic rings. The summed E-state index contributed by atoms with van der Waals surface area (Å²) in [5.74, 6) is 1.39. The first-order valence-electron chi connectivity index (χ1n) is 13.0. The normalized spacial score (nSPS) is 28.1. The average molecular weight is 432 g/mol. The van der Waals surface area contributed by atoms with Gasteiger partial charge >= 0.3 is 0 Å². The fourth-order valence-electron chi connectivity index (χ4n) is 6.42. The molecule has 0 aliphatic heterocycles. The maximum Gasteiger partial charge on any atom is 0.179 e. The summed E-state index contributed by atoms with van der Waals surface area (Å²) in [4.78, 5) is 1.88. The molecule has 0 amide bonds. The van der Waals surface area contributed by atoms with Crippen LogP contribution in [-0.2, 0) is 0 Å². The topological polar surface area (TPSA) is 20.2 Å². The Morgan fingerprint density at radius 1 is 1.03 bits per heavy atom. The van der Waals surface area contributed by atoms with Crippen molar-refractivity contribution in [2.45, 2.75) is 133 Å². The number of aliphatic hydroxyl groups excluding tert-OH is 1. The second-order valence-corrected chi connectivity index (χ2v) is 15.4. The molecule has 1 nitrogen and oxygen atoms in total. The van der Waals surface area contributed by atoms with Crippen LogP contribution in [0.1, 0.15) is 118 Å². The highest BCUT2D eigenvalue weighted by Gasteiger charge is 2.46. The molecule has 1 fully saturated rings. The fraction of sp³-hybridized carbons (Fsp3) is 0.852. The minimum atomic E-state index is -0.903. The Hall–Kier alpha value is -0.145. The summed E-state index contributed by atoms with van der Waals surface area (Å²) in [7, 11) is -0.903. The summed E-state index contributed by atoms with van der Waals surface area (Å²) < 4.78 is 0.362. The SMILES string of the molecule is C[C@@H]([B]S(C1=CCCCC1)(C1CCCCC1)C(C)(C)C)CC[C@H]1C=C(CO)CCC1. The van der Waals surface area contributed by atoms with Crippen LogP contribution in [0.15, 0.2) is 22.6 Å².